The maximum absolute atomic E-state index is 12.1. The van der Waals surface area contributed by atoms with Gasteiger partial charge in [0, 0.05) is 11.3 Å². The van der Waals surface area contributed by atoms with Crippen LogP contribution in [-0.2, 0) is 17.9 Å². The Hall–Kier alpha value is -3.32. The summed E-state index contributed by atoms with van der Waals surface area (Å²) in [5.41, 5.74) is 1.13. The number of nitrogens with one attached hydrogen (secondary N) is 3. The zero-order chi connectivity index (χ0) is 18.2. The van der Waals surface area contributed by atoms with E-state index in [-0.39, 0.29) is 18.4 Å². The highest BCUT2D eigenvalue weighted by Gasteiger charge is 2.07. The number of furan rings is 2. The molecule has 134 valence electrons. The first kappa shape index (κ1) is 17.5. The zero-order valence-electron chi connectivity index (χ0n) is 14.0. The van der Waals surface area contributed by atoms with Crippen LogP contribution in [0.1, 0.15) is 21.9 Å². The van der Waals surface area contributed by atoms with E-state index >= 15 is 0 Å². The summed E-state index contributed by atoms with van der Waals surface area (Å²) in [7, 11) is 0. The number of anilines is 1. The van der Waals surface area contributed by atoms with Crippen LogP contribution >= 0.6 is 0 Å². The van der Waals surface area contributed by atoms with Crippen LogP contribution in [0.3, 0.4) is 0 Å². The standard InChI is InChI=1S/C19H19N3O4/c23-18(13-20-11-16-3-1-9-25-16)22-15-7-5-14(6-8-15)19(24)21-12-17-4-2-10-26-17/h1-10,20H,11-13H2,(H,21,24)(H,22,23). The fraction of sp³-hybridized carbons (Fsp3) is 0.158. The molecule has 1 aromatic carbocycles. The number of carbonyl (C=O) groups excluding carboxylic acids is 2. The molecule has 0 aliphatic carbocycles. The normalized spacial score (nSPS) is 10.5. The van der Waals surface area contributed by atoms with Crippen molar-refractivity contribution >= 4 is 17.5 Å². The van der Waals surface area contributed by atoms with Gasteiger partial charge in [0.05, 0.1) is 32.2 Å². The smallest absolute Gasteiger partial charge is 0.251 e. The van der Waals surface area contributed by atoms with Crippen molar-refractivity contribution in [1.82, 2.24) is 10.6 Å². The highest BCUT2D eigenvalue weighted by molar-refractivity contribution is 5.96. The summed E-state index contributed by atoms with van der Waals surface area (Å²) in [6.07, 6.45) is 3.14. The highest BCUT2D eigenvalue weighted by Crippen LogP contribution is 2.10. The van der Waals surface area contributed by atoms with Crippen LogP contribution in [0.5, 0.6) is 0 Å². The van der Waals surface area contributed by atoms with E-state index in [1.54, 1.807) is 55.0 Å². The molecular formula is C19H19N3O4. The van der Waals surface area contributed by atoms with Crippen molar-refractivity contribution in [2.24, 2.45) is 0 Å². The van der Waals surface area contributed by atoms with Gasteiger partial charge >= 0.3 is 0 Å². The van der Waals surface area contributed by atoms with Crippen LogP contribution < -0.4 is 16.0 Å². The van der Waals surface area contributed by atoms with Crippen LogP contribution in [0, 0.1) is 0 Å². The summed E-state index contributed by atoms with van der Waals surface area (Å²) in [6.45, 7) is 0.965. The summed E-state index contributed by atoms with van der Waals surface area (Å²) in [6, 6.07) is 13.9. The van der Waals surface area contributed by atoms with E-state index in [0.717, 1.165) is 5.76 Å². The Bertz CT molecular complexity index is 824. The Kier molecular flexibility index (Phi) is 5.84. The third kappa shape index (κ3) is 5.09. The second-order valence-corrected chi connectivity index (χ2v) is 5.57. The predicted molar refractivity (Wildman–Crippen MR) is 95.4 cm³/mol. The monoisotopic (exact) mass is 353 g/mol. The van der Waals surface area contributed by atoms with Gasteiger partial charge in [0.2, 0.25) is 5.91 Å². The molecule has 0 spiro atoms. The van der Waals surface area contributed by atoms with Gasteiger partial charge in [-0.3, -0.25) is 9.59 Å². The van der Waals surface area contributed by atoms with Gasteiger partial charge < -0.3 is 24.8 Å². The third-order valence-corrected chi connectivity index (χ3v) is 3.60. The van der Waals surface area contributed by atoms with Gasteiger partial charge in [-0.05, 0) is 48.5 Å². The highest BCUT2D eigenvalue weighted by atomic mass is 16.3. The molecule has 26 heavy (non-hydrogen) atoms. The average molecular weight is 353 g/mol. The van der Waals surface area contributed by atoms with E-state index in [2.05, 4.69) is 16.0 Å². The predicted octanol–water partition coefficient (Wildman–Crippen LogP) is 2.53. The van der Waals surface area contributed by atoms with Crippen molar-refractivity contribution in [3.63, 3.8) is 0 Å². The van der Waals surface area contributed by atoms with E-state index in [1.165, 1.54) is 0 Å². The SMILES string of the molecule is O=C(CNCc1ccco1)Nc1ccc(C(=O)NCc2ccco2)cc1. The van der Waals surface area contributed by atoms with Crippen molar-refractivity contribution < 1.29 is 18.4 Å². The van der Waals surface area contributed by atoms with Crippen LogP contribution in [0.25, 0.3) is 0 Å². The number of carbonyl (C=O) groups is 2. The molecule has 3 rings (SSSR count). The largest absolute Gasteiger partial charge is 0.468 e. The molecule has 0 fully saturated rings. The quantitative estimate of drug-likeness (QED) is 0.578. The average Bonchev–Trinajstić information content (AvgIpc) is 3.34. The maximum Gasteiger partial charge on any atom is 0.251 e. The lowest BCUT2D eigenvalue weighted by Gasteiger charge is -2.07. The first-order valence-corrected chi connectivity index (χ1v) is 8.14. The number of hydrogen-bond acceptors (Lipinski definition) is 5. The molecule has 0 saturated carbocycles. The van der Waals surface area contributed by atoms with E-state index in [1.807, 2.05) is 6.07 Å². The summed E-state index contributed by atoms with van der Waals surface area (Å²) in [4.78, 5) is 24.0. The van der Waals surface area contributed by atoms with Crippen molar-refractivity contribution in [2.75, 3.05) is 11.9 Å². The summed E-state index contributed by atoms with van der Waals surface area (Å²) < 4.78 is 10.3. The van der Waals surface area contributed by atoms with E-state index in [4.69, 9.17) is 8.83 Å². The molecule has 0 atom stereocenters. The molecule has 7 nitrogen and oxygen atoms in total. The molecule has 0 unspecified atom stereocenters. The minimum Gasteiger partial charge on any atom is -0.468 e. The first-order valence-electron chi connectivity index (χ1n) is 8.14. The van der Waals surface area contributed by atoms with Gasteiger partial charge in [-0.1, -0.05) is 0 Å². The van der Waals surface area contributed by atoms with E-state index in [9.17, 15) is 9.59 Å². The summed E-state index contributed by atoms with van der Waals surface area (Å²) in [5.74, 6) is 1.07. The Morgan fingerprint density at radius 2 is 1.50 bits per heavy atom. The Balaban J connectivity index is 1.43. The molecule has 7 heteroatoms. The molecule has 0 aliphatic rings. The molecular weight excluding hydrogens is 334 g/mol. The Morgan fingerprint density at radius 1 is 0.846 bits per heavy atom. The van der Waals surface area contributed by atoms with Gasteiger partial charge in [-0.15, -0.1) is 0 Å². The lowest BCUT2D eigenvalue weighted by atomic mass is 10.2. The second kappa shape index (κ2) is 8.68. The number of rotatable bonds is 8. The molecule has 3 aromatic rings. The fourth-order valence-electron chi connectivity index (χ4n) is 2.31. The lowest BCUT2D eigenvalue weighted by Crippen LogP contribution is -2.27. The van der Waals surface area contributed by atoms with E-state index in [0.29, 0.717) is 30.1 Å². The van der Waals surface area contributed by atoms with Crippen molar-refractivity contribution in [2.45, 2.75) is 13.1 Å². The van der Waals surface area contributed by atoms with Gasteiger partial charge in [0.1, 0.15) is 11.5 Å². The van der Waals surface area contributed by atoms with E-state index < -0.39 is 0 Å². The topological polar surface area (TPSA) is 96.5 Å². The summed E-state index contributed by atoms with van der Waals surface area (Å²) >= 11 is 0. The second-order valence-electron chi connectivity index (χ2n) is 5.57. The van der Waals surface area contributed by atoms with Crippen LogP contribution in [0.15, 0.2) is 69.9 Å². The molecule has 0 saturated heterocycles. The summed E-state index contributed by atoms with van der Waals surface area (Å²) in [5, 5.41) is 8.52. The van der Waals surface area contributed by atoms with Crippen molar-refractivity contribution in [3.8, 4) is 0 Å². The molecule has 2 amide bonds. The molecule has 0 radical (unpaired) electrons. The fourth-order valence-corrected chi connectivity index (χ4v) is 2.31. The maximum atomic E-state index is 12.1. The lowest BCUT2D eigenvalue weighted by molar-refractivity contribution is -0.115. The van der Waals surface area contributed by atoms with Crippen molar-refractivity contribution in [1.29, 1.82) is 0 Å². The number of amides is 2. The minimum atomic E-state index is -0.209. The minimum absolute atomic E-state index is 0.159. The van der Waals surface area contributed by atoms with Gasteiger partial charge in [0.25, 0.3) is 5.91 Å². The first-order chi connectivity index (χ1) is 12.7. The van der Waals surface area contributed by atoms with Crippen LogP contribution in [0.2, 0.25) is 0 Å². The van der Waals surface area contributed by atoms with Gasteiger partial charge in [0.15, 0.2) is 0 Å². The van der Waals surface area contributed by atoms with Gasteiger partial charge in [-0.25, -0.2) is 0 Å². The molecule has 0 bridgehead atoms. The number of hydrogen-bond donors (Lipinski definition) is 3. The van der Waals surface area contributed by atoms with Crippen LogP contribution in [0.4, 0.5) is 5.69 Å². The molecule has 3 N–H and O–H groups in total. The molecule has 2 aromatic heterocycles. The zero-order valence-corrected chi connectivity index (χ0v) is 14.0. The number of benzene rings is 1. The molecule has 0 aliphatic heterocycles. The van der Waals surface area contributed by atoms with Gasteiger partial charge in [-0.2, -0.15) is 0 Å². The Morgan fingerprint density at radius 3 is 2.12 bits per heavy atom. The van der Waals surface area contributed by atoms with Crippen LogP contribution in [-0.4, -0.2) is 18.4 Å². The van der Waals surface area contributed by atoms with Crippen molar-refractivity contribution in [3.05, 3.63) is 78.1 Å². The molecule has 2 heterocycles. The third-order valence-electron chi connectivity index (χ3n) is 3.60. The Labute approximate surface area is 150 Å².